The molecule has 0 aliphatic carbocycles. The lowest BCUT2D eigenvalue weighted by Gasteiger charge is -2.12. The monoisotopic (exact) mass is 291 g/mol. The molecule has 0 saturated heterocycles. The number of aliphatic carboxylic acids is 1. The molecule has 0 heterocycles. The highest BCUT2D eigenvalue weighted by molar-refractivity contribution is 5.83. The maximum atomic E-state index is 12.0. The van der Waals surface area contributed by atoms with Gasteiger partial charge in [-0.15, -0.1) is 0 Å². The average Bonchev–Trinajstić information content (AvgIpc) is 2.49. The number of amides is 1. The van der Waals surface area contributed by atoms with Crippen LogP contribution in [0.1, 0.15) is 56.9 Å². The zero-order valence-electron chi connectivity index (χ0n) is 12.7. The number of nitrogens with one attached hydrogen (secondary N) is 1. The maximum absolute atomic E-state index is 12.0. The van der Waals surface area contributed by atoms with Gasteiger partial charge in [0, 0.05) is 13.0 Å². The molecule has 116 valence electrons. The topological polar surface area (TPSA) is 66.4 Å². The Kier molecular flexibility index (Phi) is 8.17. The first-order chi connectivity index (χ1) is 10.1. The van der Waals surface area contributed by atoms with Crippen LogP contribution in [0.15, 0.2) is 30.3 Å². The smallest absolute Gasteiger partial charge is 0.303 e. The normalized spacial score (nSPS) is 11.9. The van der Waals surface area contributed by atoms with Gasteiger partial charge >= 0.3 is 5.97 Å². The van der Waals surface area contributed by atoms with E-state index in [-0.39, 0.29) is 18.2 Å². The Bertz CT molecular complexity index is 431. The Morgan fingerprint density at radius 3 is 2.33 bits per heavy atom. The molecule has 0 aliphatic rings. The molecular weight excluding hydrogens is 266 g/mol. The molecule has 0 radical (unpaired) electrons. The van der Waals surface area contributed by atoms with Crippen molar-refractivity contribution in [2.24, 2.45) is 0 Å². The van der Waals surface area contributed by atoms with Crippen LogP contribution in [0.5, 0.6) is 0 Å². The Morgan fingerprint density at radius 1 is 1.05 bits per heavy atom. The molecule has 0 aromatic heterocycles. The maximum Gasteiger partial charge on any atom is 0.303 e. The predicted molar refractivity (Wildman–Crippen MR) is 83.2 cm³/mol. The summed E-state index contributed by atoms with van der Waals surface area (Å²) < 4.78 is 0. The number of carbonyl (C=O) groups is 2. The molecule has 0 spiro atoms. The van der Waals surface area contributed by atoms with Gasteiger partial charge in [-0.05, 0) is 25.3 Å². The van der Waals surface area contributed by atoms with Gasteiger partial charge in [0.1, 0.15) is 0 Å². The first-order valence-electron chi connectivity index (χ1n) is 7.65. The molecule has 0 aliphatic heterocycles. The molecule has 2 N–H and O–H groups in total. The first kappa shape index (κ1) is 17.2. The first-order valence-corrected chi connectivity index (χ1v) is 7.65. The van der Waals surface area contributed by atoms with Gasteiger partial charge < -0.3 is 10.4 Å². The highest BCUT2D eigenvalue weighted by atomic mass is 16.4. The van der Waals surface area contributed by atoms with Crippen molar-refractivity contribution in [3.63, 3.8) is 0 Å². The van der Waals surface area contributed by atoms with Gasteiger partial charge in [0.25, 0.3) is 0 Å². The van der Waals surface area contributed by atoms with E-state index < -0.39 is 5.97 Å². The van der Waals surface area contributed by atoms with Gasteiger partial charge in [0.2, 0.25) is 5.91 Å². The summed E-state index contributed by atoms with van der Waals surface area (Å²) in [5.74, 6) is -0.786. The SMILES string of the molecule is C[C@@H](C(=O)NCCCCCCCC(=O)O)c1ccccc1. The van der Waals surface area contributed by atoms with Gasteiger partial charge in [-0.25, -0.2) is 0 Å². The molecule has 1 aromatic rings. The summed E-state index contributed by atoms with van der Waals surface area (Å²) in [5, 5.41) is 11.5. The standard InChI is InChI=1S/C17H25NO3/c1-14(15-10-6-5-7-11-15)17(21)18-13-9-4-2-3-8-12-16(19)20/h5-7,10-11,14H,2-4,8-9,12-13H2,1H3,(H,18,21)(H,19,20)/t14-/m1/s1. The highest BCUT2D eigenvalue weighted by Crippen LogP contribution is 2.14. The summed E-state index contributed by atoms with van der Waals surface area (Å²) in [6.07, 6.45) is 4.94. The van der Waals surface area contributed by atoms with E-state index in [1.54, 1.807) is 0 Å². The van der Waals surface area contributed by atoms with E-state index >= 15 is 0 Å². The second-order valence-corrected chi connectivity index (χ2v) is 5.33. The number of rotatable bonds is 10. The van der Waals surface area contributed by atoms with Crippen LogP contribution in [0, 0.1) is 0 Å². The quantitative estimate of drug-likeness (QED) is 0.650. The van der Waals surface area contributed by atoms with Crippen LogP contribution in [0.2, 0.25) is 0 Å². The third-order valence-electron chi connectivity index (χ3n) is 3.56. The lowest BCUT2D eigenvalue weighted by atomic mass is 10.0. The number of hydrogen-bond acceptors (Lipinski definition) is 2. The van der Waals surface area contributed by atoms with Crippen LogP contribution in [0.25, 0.3) is 0 Å². The van der Waals surface area contributed by atoms with Crippen LogP contribution in [0.4, 0.5) is 0 Å². The molecule has 0 bridgehead atoms. The van der Waals surface area contributed by atoms with Gasteiger partial charge in [-0.1, -0.05) is 49.6 Å². The number of carboxylic acid groups (broad SMARTS) is 1. The van der Waals surface area contributed by atoms with Gasteiger partial charge in [-0.2, -0.15) is 0 Å². The minimum atomic E-state index is -0.725. The van der Waals surface area contributed by atoms with E-state index in [1.807, 2.05) is 37.3 Å². The van der Waals surface area contributed by atoms with Crippen molar-refractivity contribution in [1.29, 1.82) is 0 Å². The zero-order valence-corrected chi connectivity index (χ0v) is 12.7. The van der Waals surface area contributed by atoms with Crippen molar-refractivity contribution in [1.82, 2.24) is 5.32 Å². The van der Waals surface area contributed by atoms with Crippen LogP contribution >= 0.6 is 0 Å². The highest BCUT2D eigenvalue weighted by Gasteiger charge is 2.13. The average molecular weight is 291 g/mol. The van der Waals surface area contributed by atoms with Crippen LogP contribution < -0.4 is 5.32 Å². The van der Waals surface area contributed by atoms with Gasteiger partial charge in [-0.3, -0.25) is 9.59 Å². The number of carbonyl (C=O) groups excluding carboxylic acids is 1. The molecule has 1 amide bonds. The third-order valence-corrected chi connectivity index (χ3v) is 3.56. The Labute approximate surface area is 126 Å². The molecule has 0 saturated carbocycles. The van der Waals surface area contributed by atoms with Crippen molar-refractivity contribution in [3.8, 4) is 0 Å². The van der Waals surface area contributed by atoms with E-state index in [0.29, 0.717) is 6.54 Å². The van der Waals surface area contributed by atoms with Crippen molar-refractivity contribution >= 4 is 11.9 Å². The fourth-order valence-corrected chi connectivity index (χ4v) is 2.19. The molecule has 0 fully saturated rings. The molecule has 1 aromatic carbocycles. The summed E-state index contributed by atoms with van der Waals surface area (Å²) in [6.45, 7) is 2.60. The van der Waals surface area contributed by atoms with Crippen molar-refractivity contribution in [2.45, 2.75) is 51.4 Å². The lowest BCUT2D eigenvalue weighted by Crippen LogP contribution is -2.28. The van der Waals surface area contributed by atoms with Crippen molar-refractivity contribution in [3.05, 3.63) is 35.9 Å². The minimum Gasteiger partial charge on any atom is -0.481 e. The molecule has 0 unspecified atom stereocenters. The van der Waals surface area contributed by atoms with E-state index in [1.165, 1.54) is 0 Å². The second kappa shape index (κ2) is 9.97. The fraction of sp³-hybridized carbons (Fsp3) is 0.529. The van der Waals surface area contributed by atoms with E-state index in [2.05, 4.69) is 5.32 Å². The van der Waals surface area contributed by atoms with E-state index in [0.717, 1.165) is 37.7 Å². The zero-order chi connectivity index (χ0) is 15.5. The summed E-state index contributed by atoms with van der Waals surface area (Å²) in [5.41, 5.74) is 1.03. The molecule has 4 nitrogen and oxygen atoms in total. The minimum absolute atomic E-state index is 0.0621. The van der Waals surface area contributed by atoms with Crippen molar-refractivity contribution < 1.29 is 14.7 Å². The molecule has 1 atom stereocenters. The lowest BCUT2D eigenvalue weighted by molar-refractivity contribution is -0.137. The van der Waals surface area contributed by atoms with Gasteiger partial charge in [0.05, 0.1) is 5.92 Å². The third kappa shape index (κ3) is 7.49. The number of hydrogen-bond donors (Lipinski definition) is 2. The van der Waals surface area contributed by atoms with Crippen molar-refractivity contribution in [2.75, 3.05) is 6.54 Å². The Morgan fingerprint density at radius 2 is 1.67 bits per heavy atom. The molecular formula is C17H25NO3. The van der Waals surface area contributed by atoms with Crippen LogP contribution in [-0.4, -0.2) is 23.5 Å². The summed E-state index contributed by atoms with van der Waals surface area (Å²) in [6, 6.07) is 9.75. The number of unbranched alkanes of at least 4 members (excludes halogenated alkanes) is 4. The van der Waals surface area contributed by atoms with Crippen LogP contribution in [0.3, 0.4) is 0 Å². The molecule has 4 heteroatoms. The second-order valence-electron chi connectivity index (χ2n) is 5.33. The van der Waals surface area contributed by atoms with E-state index in [9.17, 15) is 9.59 Å². The molecule has 21 heavy (non-hydrogen) atoms. The number of benzene rings is 1. The van der Waals surface area contributed by atoms with E-state index in [4.69, 9.17) is 5.11 Å². The van der Waals surface area contributed by atoms with Crippen LogP contribution in [-0.2, 0) is 9.59 Å². The summed E-state index contributed by atoms with van der Waals surface area (Å²) >= 11 is 0. The Balaban J connectivity index is 2.07. The predicted octanol–water partition coefficient (Wildman–Crippen LogP) is 3.33. The van der Waals surface area contributed by atoms with Gasteiger partial charge in [0.15, 0.2) is 0 Å². The summed E-state index contributed by atoms with van der Waals surface area (Å²) in [7, 11) is 0. The summed E-state index contributed by atoms with van der Waals surface area (Å²) in [4.78, 5) is 22.3. The fourth-order valence-electron chi connectivity index (χ4n) is 2.19. The molecule has 1 rings (SSSR count). The number of carboxylic acids is 1. The Hall–Kier alpha value is -1.84. The largest absolute Gasteiger partial charge is 0.481 e.